The second-order valence-electron chi connectivity index (χ2n) is 8.92. The third-order valence-corrected chi connectivity index (χ3v) is 5.43. The number of fused-ring (bicyclic) bond motifs is 1. The molecule has 3 rings (SSSR count). The molecule has 1 saturated heterocycles. The van der Waals surface area contributed by atoms with Crippen molar-refractivity contribution in [2.75, 3.05) is 19.7 Å². The Balaban J connectivity index is 0.00000280. The Labute approximate surface area is 186 Å². The largest absolute Gasteiger partial charge is 0.377 e. The summed E-state index contributed by atoms with van der Waals surface area (Å²) < 4.78 is 8.14. The van der Waals surface area contributed by atoms with Gasteiger partial charge in [-0.1, -0.05) is 20.8 Å². The molecule has 28 heavy (non-hydrogen) atoms. The summed E-state index contributed by atoms with van der Waals surface area (Å²) in [6.07, 6.45) is 4.61. The molecule has 3 atom stereocenters. The summed E-state index contributed by atoms with van der Waals surface area (Å²) in [6, 6.07) is 0.331. The normalized spacial score (nSPS) is 25.6. The van der Waals surface area contributed by atoms with Gasteiger partial charge in [0.1, 0.15) is 11.6 Å². The van der Waals surface area contributed by atoms with Crippen LogP contribution in [-0.4, -0.2) is 52.6 Å². The molecule has 0 saturated carbocycles. The summed E-state index contributed by atoms with van der Waals surface area (Å²) in [5, 5.41) is 11.5. The SMILES string of the molecule is CCNC(=NCC1CCCOC1C(C)(C)C)NC1CCc2nc(C)nn2C1.I. The molecular weight excluding hydrogens is 467 g/mol. The molecule has 0 radical (unpaired) electrons. The minimum Gasteiger partial charge on any atom is -0.377 e. The van der Waals surface area contributed by atoms with Crippen molar-refractivity contribution in [1.82, 2.24) is 25.4 Å². The highest BCUT2D eigenvalue weighted by molar-refractivity contribution is 14.0. The van der Waals surface area contributed by atoms with Gasteiger partial charge in [-0.2, -0.15) is 5.10 Å². The first-order valence-electron chi connectivity index (χ1n) is 10.4. The molecule has 0 aromatic carbocycles. The molecule has 8 heteroatoms. The van der Waals surface area contributed by atoms with Crippen LogP contribution < -0.4 is 10.6 Å². The van der Waals surface area contributed by atoms with E-state index in [9.17, 15) is 0 Å². The number of hydrogen-bond acceptors (Lipinski definition) is 4. The fourth-order valence-corrected chi connectivity index (χ4v) is 4.26. The third kappa shape index (κ3) is 6.05. The highest BCUT2D eigenvalue weighted by Crippen LogP contribution is 2.34. The Hall–Kier alpha value is -0.900. The van der Waals surface area contributed by atoms with E-state index >= 15 is 0 Å². The van der Waals surface area contributed by atoms with E-state index in [2.05, 4.69) is 48.4 Å². The van der Waals surface area contributed by atoms with Crippen LogP contribution in [0.15, 0.2) is 4.99 Å². The lowest BCUT2D eigenvalue weighted by molar-refractivity contribution is -0.0823. The van der Waals surface area contributed by atoms with Gasteiger partial charge in [0.15, 0.2) is 5.96 Å². The monoisotopic (exact) mass is 504 g/mol. The number of rotatable bonds is 4. The van der Waals surface area contributed by atoms with E-state index in [4.69, 9.17) is 9.73 Å². The Kier molecular flexibility index (Phi) is 8.54. The number of hydrogen-bond donors (Lipinski definition) is 2. The zero-order valence-corrected chi connectivity index (χ0v) is 20.3. The predicted octanol–water partition coefficient (Wildman–Crippen LogP) is 2.92. The van der Waals surface area contributed by atoms with E-state index in [1.54, 1.807) is 0 Å². The van der Waals surface area contributed by atoms with Gasteiger partial charge in [0.05, 0.1) is 12.6 Å². The van der Waals surface area contributed by atoms with E-state index in [-0.39, 0.29) is 35.5 Å². The van der Waals surface area contributed by atoms with Gasteiger partial charge in [-0.25, -0.2) is 9.67 Å². The van der Waals surface area contributed by atoms with Gasteiger partial charge in [0.25, 0.3) is 0 Å². The number of halogens is 1. The van der Waals surface area contributed by atoms with E-state index in [1.165, 1.54) is 6.42 Å². The number of aromatic nitrogens is 3. The molecule has 0 spiro atoms. The maximum absolute atomic E-state index is 6.11. The fourth-order valence-electron chi connectivity index (χ4n) is 4.26. The lowest BCUT2D eigenvalue weighted by Gasteiger charge is -2.39. The molecule has 0 bridgehead atoms. The smallest absolute Gasteiger partial charge is 0.191 e. The molecule has 160 valence electrons. The van der Waals surface area contributed by atoms with Crippen molar-refractivity contribution >= 4 is 29.9 Å². The standard InChI is InChI=1S/C20H36N6O.HI/c1-6-21-19(22-12-15-8-7-11-27-18(15)20(3,4)5)24-16-9-10-17-23-14(2)25-26(17)13-16;/h15-16,18H,6-13H2,1-5H3,(H2,21,22,24);1H. The van der Waals surface area contributed by atoms with Crippen LogP contribution in [-0.2, 0) is 17.7 Å². The molecule has 3 unspecified atom stereocenters. The first kappa shape index (κ1) is 23.4. The summed E-state index contributed by atoms with van der Waals surface area (Å²) in [7, 11) is 0. The first-order chi connectivity index (χ1) is 12.9. The van der Waals surface area contributed by atoms with Crippen molar-refractivity contribution in [3.8, 4) is 0 Å². The van der Waals surface area contributed by atoms with Crippen LogP contribution in [0.4, 0.5) is 0 Å². The maximum Gasteiger partial charge on any atom is 0.191 e. The molecule has 7 nitrogen and oxygen atoms in total. The minimum absolute atomic E-state index is 0. The number of nitrogens with one attached hydrogen (secondary N) is 2. The number of ether oxygens (including phenoxy) is 1. The topological polar surface area (TPSA) is 76.4 Å². The van der Waals surface area contributed by atoms with Crippen molar-refractivity contribution in [3.05, 3.63) is 11.6 Å². The second-order valence-corrected chi connectivity index (χ2v) is 8.92. The molecule has 1 aromatic heterocycles. The highest BCUT2D eigenvalue weighted by Gasteiger charge is 2.35. The summed E-state index contributed by atoms with van der Waals surface area (Å²) in [5.41, 5.74) is 0.150. The quantitative estimate of drug-likeness (QED) is 0.375. The van der Waals surface area contributed by atoms with Gasteiger partial charge in [-0.15, -0.1) is 24.0 Å². The second kappa shape index (κ2) is 10.2. The van der Waals surface area contributed by atoms with E-state index in [1.807, 2.05) is 11.6 Å². The van der Waals surface area contributed by atoms with Crippen LogP contribution >= 0.6 is 24.0 Å². The fraction of sp³-hybridized carbons (Fsp3) is 0.850. The highest BCUT2D eigenvalue weighted by atomic mass is 127. The minimum atomic E-state index is 0. The molecule has 2 aliphatic heterocycles. The van der Waals surface area contributed by atoms with Crippen molar-refractivity contribution < 1.29 is 4.74 Å². The number of guanidine groups is 1. The predicted molar refractivity (Wildman–Crippen MR) is 123 cm³/mol. The molecule has 2 aliphatic rings. The third-order valence-electron chi connectivity index (χ3n) is 5.43. The number of aryl methyl sites for hydroxylation is 2. The molecule has 1 aromatic rings. The van der Waals surface area contributed by atoms with Crippen LogP contribution in [0, 0.1) is 18.3 Å². The zero-order chi connectivity index (χ0) is 19.4. The van der Waals surface area contributed by atoms with Crippen LogP contribution in [0.3, 0.4) is 0 Å². The average molecular weight is 504 g/mol. The Morgan fingerprint density at radius 3 is 2.82 bits per heavy atom. The first-order valence-corrected chi connectivity index (χ1v) is 10.4. The Morgan fingerprint density at radius 1 is 1.32 bits per heavy atom. The van der Waals surface area contributed by atoms with Gasteiger partial charge < -0.3 is 15.4 Å². The van der Waals surface area contributed by atoms with Crippen LogP contribution in [0.5, 0.6) is 0 Å². The molecule has 1 fully saturated rings. The number of aliphatic imine (C=N–C) groups is 1. The molecule has 0 aliphatic carbocycles. The van der Waals surface area contributed by atoms with Gasteiger partial charge in [0.2, 0.25) is 0 Å². The summed E-state index contributed by atoms with van der Waals surface area (Å²) >= 11 is 0. The van der Waals surface area contributed by atoms with Gasteiger partial charge in [0, 0.05) is 38.1 Å². The summed E-state index contributed by atoms with van der Waals surface area (Å²) in [5.74, 6) is 3.34. The molecule has 0 amide bonds. The van der Waals surface area contributed by atoms with Crippen molar-refractivity contribution in [2.45, 2.75) is 79.0 Å². The van der Waals surface area contributed by atoms with Crippen LogP contribution in [0.1, 0.15) is 58.6 Å². The Morgan fingerprint density at radius 2 is 2.11 bits per heavy atom. The lowest BCUT2D eigenvalue weighted by atomic mass is 9.78. The van der Waals surface area contributed by atoms with E-state index in [0.717, 1.165) is 63.1 Å². The summed E-state index contributed by atoms with van der Waals surface area (Å²) in [4.78, 5) is 9.42. The van der Waals surface area contributed by atoms with Gasteiger partial charge in [-0.3, -0.25) is 4.99 Å². The number of nitrogens with zero attached hydrogens (tertiary/aromatic N) is 4. The lowest BCUT2D eigenvalue weighted by Crippen LogP contribution is -2.48. The summed E-state index contributed by atoms with van der Waals surface area (Å²) in [6.45, 7) is 14.2. The van der Waals surface area contributed by atoms with Crippen molar-refractivity contribution in [3.63, 3.8) is 0 Å². The molecule has 3 heterocycles. The Bertz CT molecular complexity index is 654. The molecular formula is C20H37IN6O. The maximum atomic E-state index is 6.11. The van der Waals surface area contributed by atoms with Crippen molar-refractivity contribution in [1.29, 1.82) is 0 Å². The van der Waals surface area contributed by atoms with Gasteiger partial charge in [-0.05, 0) is 38.5 Å². The van der Waals surface area contributed by atoms with Gasteiger partial charge >= 0.3 is 0 Å². The van der Waals surface area contributed by atoms with Crippen LogP contribution in [0.2, 0.25) is 0 Å². The molecule has 2 N–H and O–H groups in total. The zero-order valence-electron chi connectivity index (χ0n) is 18.0. The van der Waals surface area contributed by atoms with E-state index in [0.29, 0.717) is 12.0 Å². The van der Waals surface area contributed by atoms with Crippen LogP contribution in [0.25, 0.3) is 0 Å². The van der Waals surface area contributed by atoms with E-state index < -0.39 is 0 Å². The average Bonchev–Trinajstić information content (AvgIpc) is 2.98. The van der Waals surface area contributed by atoms with Crippen molar-refractivity contribution in [2.24, 2.45) is 16.3 Å².